The molecule has 5 heteroatoms. The molecule has 92 valence electrons. The molecule has 1 aliphatic rings. The van der Waals surface area contributed by atoms with Crippen LogP contribution in [0.1, 0.15) is 20.3 Å². The van der Waals surface area contributed by atoms with Crippen LogP contribution in [0.25, 0.3) is 0 Å². The van der Waals surface area contributed by atoms with E-state index < -0.39 is 6.04 Å². The van der Waals surface area contributed by atoms with E-state index in [0.717, 1.165) is 0 Å². The van der Waals surface area contributed by atoms with Crippen molar-refractivity contribution in [3.8, 4) is 0 Å². The van der Waals surface area contributed by atoms with Crippen LogP contribution in [0.5, 0.6) is 0 Å². The van der Waals surface area contributed by atoms with E-state index >= 15 is 0 Å². The van der Waals surface area contributed by atoms with E-state index in [2.05, 4.69) is 0 Å². The van der Waals surface area contributed by atoms with Gasteiger partial charge in [-0.3, -0.25) is 9.59 Å². The van der Waals surface area contributed by atoms with Gasteiger partial charge in [0.2, 0.25) is 11.8 Å². The summed E-state index contributed by atoms with van der Waals surface area (Å²) in [6.07, 6.45) is 0.666. The fourth-order valence-corrected chi connectivity index (χ4v) is 1.79. The Morgan fingerprint density at radius 1 is 1.44 bits per heavy atom. The van der Waals surface area contributed by atoms with Crippen LogP contribution in [0.3, 0.4) is 0 Å². The molecule has 1 aliphatic heterocycles. The Hall–Kier alpha value is -1.10. The molecule has 0 bridgehead atoms. The van der Waals surface area contributed by atoms with E-state index in [1.54, 1.807) is 16.8 Å². The van der Waals surface area contributed by atoms with E-state index in [1.807, 2.05) is 13.8 Å². The van der Waals surface area contributed by atoms with Crippen LogP contribution < -0.4 is 5.73 Å². The first-order valence-electron chi connectivity index (χ1n) is 5.70. The minimum Gasteiger partial charge on any atom is -0.342 e. The first-order valence-corrected chi connectivity index (χ1v) is 5.70. The first-order chi connectivity index (χ1) is 7.41. The second-order valence-corrected chi connectivity index (χ2v) is 4.81. The zero-order valence-electron chi connectivity index (χ0n) is 10.3. The lowest BCUT2D eigenvalue weighted by atomic mass is 10.0. The number of carbonyl (C=O) groups is 2. The number of nitrogens with two attached hydrogens (primary N) is 1. The third-order valence-electron chi connectivity index (χ3n) is 2.81. The van der Waals surface area contributed by atoms with Crippen molar-refractivity contribution in [2.75, 3.05) is 26.7 Å². The molecule has 0 aliphatic carbocycles. The van der Waals surface area contributed by atoms with Gasteiger partial charge in [-0.15, -0.1) is 0 Å². The molecule has 1 fully saturated rings. The highest BCUT2D eigenvalue weighted by Gasteiger charge is 2.28. The van der Waals surface area contributed by atoms with Gasteiger partial charge in [0.15, 0.2) is 0 Å². The van der Waals surface area contributed by atoms with Crippen LogP contribution in [0, 0.1) is 5.92 Å². The summed E-state index contributed by atoms with van der Waals surface area (Å²) >= 11 is 0. The van der Waals surface area contributed by atoms with Gasteiger partial charge in [0, 0.05) is 20.1 Å². The number of amides is 2. The van der Waals surface area contributed by atoms with Crippen LogP contribution in [-0.2, 0) is 9.59 Å². The number of nitrogens with zero attached hydrogens (tertiary/aromatic N) is 2. The second kappa shape index (κ2) is 5.30. The quantitative estimate of drug-likeness (QED) is 0.717. The van der Waals surface area contributed by atoms with Crippen LogP contribution in [0.15, 0.2) is 0 Å². The highest BCUT2D eigenvalue weighted by atomic mass is 16.2. The van der Waals surface area contributed by atoms with Crippen molar-refractivity contribution in [1.82, 2.24) is 9.80 Å². The van der Waals surface area contributed by atoms with E-state index in [0.29, 0.717) is 25.4 Å². The van der Waals surface area contributed by atoms with Crippen molar-refractivity contribution < 1.29 is 9.59 Å². The van der Waals surface area contributed by atoms with Gasteiger partial charge in [0.1, 0.15) is 0 Å². The molecule has 1 heterocycles. The molecule has 2 amide bonds. The maximum Gasteiger partial charge on any atom is 0.241 e. The molecule has 0 aromatic heterocycles. The number of likely N-dealkylation sites (N-methyl/N-ethyl adjacent to an activating group) is 1. The summed E-state index contributed by atoms with van der Waals surface area (Å²) in [5.41, 5.74) is 5.81. The average molecular weight is 227 g/mol. The van der Waals surface area contributed by atoms with E-state index in [1.165, 1.54) is 0 Å². The van der Waals surface area contributed by atoms with Crippen LogP contribution in [0.2, 0.25) is 0 Å². The Labute approximate surface area is 96.6 Å². The fourth-order valence-electron chi connectivity index (χ4n) is 1.79. The lowest BCUT2D eigenvalue weighted by molar-refractivity contribution is -0.145. The third-order valence-corrected chi connectivity index (χ3v) is 2.81. The molecular weight excluding hydrogens is 206 g/mol. The molecule has 0 aromatic rings. The van der Waals surface area contributed by atoms with Crippen LogP contribution in [-0.4, -0.2) is 54.3 Å². The number of piperazine rings is 1. The van der Waals surface area contributed by atoms with Crippen molar-refractivity contribution in [1.29, 1.82) is 0 Å². The Morgan fingerprint density at radius 2 is 2.06 bits per heavy atom. The smallest absolute Gasteiger partial charge is 0.241 e. The maximum atomic E-state index is 11.9. The van der Waals surface area contributed by atoms with Crippen molar-refractivity contribution >= 4 is 11.8 Å². The standard InChI is InChI=1S/C11H21N3O2/c1-8(2)6-9(12)11(16)14-5-4-13(3)10(15)7-14/h8-9H,4-7,12H2,1-3H3/t9-/m0/s1. The van der Waals surface area contributed by atoms with Gasteiger partial charge in [0.05, 0.1) is 12.6 Å². The predicted molar refractivity (Wildman–Crippen MR) is 61.6 cm³/mol. The molecule has 2 N–H and O–H groups in total. The molecule has 16 heavy (non-hydrogen) atoms. The highest BCUT2D eigenvalue weighted by molar-refractivity contribution is 5.88. The van der Waals surface area contributed by atoms with Crippen molar-refractivity contribution in [2.45, 2.75) is 26.3 Å². The summed E-state index contributed by atoms with van der Waals surface area (Å²) < 4.78 is 0. The largest absolute Gasteiger partial charge is 0.342 e. The Kier molecular flexibility index (Phi) is 4.29. The highest BCUT2D eigenvalue weighted by Crippen LogP contribution is 2.08. The summed E-state index contributed by atoms with van der Waals surface area (Å²) in [5, 5.41) is 0. The molecule has 0 aromatic carbocycles. The fraction of sp³-hybridized carbons (Fsp3) is 0.818. The minimum atomic E-state index is -0.476. The minimum absolute atomic E-state index is 0.0173. The SMILES string of the molecule is CC(C)C[C@H](N)C(=O)N1CCN(C)C(=O)C1. The summed E-state index contributed by atoms with van der Waals surface area (Å²) in [7, 11) is 1.75. The molecule has 5 nitrogen and oxygen atoms in total. The molecule has 0 radical (unpaired) electrons. The van der Waals surface area contributed by atoms with Gasteiger partial charge in [-0.05, 0) is 12.3 Å². The zero-order valence-corrected chi connectivity index (χ0v) is 10.3. The van der Waals surface area contributed by atoms with Crippen molar-refractivity contribution in [2.24, 2.45) is 11.7 Å². The summed E-state index contributed by atoms with van der Waals surface area (Å²) in [5.74, 6) is 0.272. The van der Waals surface area contributed by atoms with E-state index in [9.17, 15) is 9.59 Å². The number of carbonyl (C=O) groups excluding carboxylic acids is 2. The number of hydrogen-bond acceptors (Lipinski definition) is 3. The van der Waals surface area contributed by atoms with Gasteiger partial charge in [-0.2, -0.15) is 0 Å². The summed E-state index contributed by atoms with van der Waals surface area (Å²) in [6.45, 7) is 5.41. The Morgan fingerprint density at radius 3 is 2.56 bits per heavy atom. The molecule has 1 atom stereocenters. The topological polar surface area (TPSA) is 66.6 Å². The lowest BCUT2D eigenvalue weighted by Gasteiger charge is -2.33. The summed E-state index contributed by atoms with van der Waals surface area (Å²) in [6, 6.07) is -0.476. The van der Waals surface area contributed by atoms with Gasteiger partial charge in [-0.25, -0.2) is 0 Å². The first kappa shape index (κ1) is 13.0. The van der Waals surface area contributed by atoms with Crippen molar-refractivity contribution in [3.05, 3.63) is 0 Å². The van der Waals surface area contributed by atoms with Gasteiger partial charge < -0.3 is 15.5 Å². The van der Waals surface area contributed by atoms with E-state index in [-0.39, 0.29) is 18.4 Å². The monoisotopic (exact) mass is 227 g/mol. The van der Waals surface area contributed by atoms with E-state index in [4.69, 9.17) is 5.73 Å². The Balaban J connectivity index is 2.51. The van der Waals surface area contributed by atoms with Crippen LogP contribution in [0.4, 0.5) is 0 Å². The second-order valence-electron chi connectivity index (χ2n) is 4.81. The molecule has 1 rings (SSSR count). The third kappa shape index (κ3) is 3.20. The predicted octanol–water partition coefficient (Wildman–Crippen LogP) is -0.340. The van der Waals surface area contributed by atoms with Gasteiger partial charge in [0.25, 0.3) is 0 Å². The number of hydrogen-bond donors (Lipinski definition) is 1. The van der Waals surface area contributed by atoms with Crippen LogP contribution >= 0.6 is 0 Å². The Bertz CT molecular complexity index is 278. The summed E-state index contributed by atoms with van der Waals surface area (Å²) in [4.78, 5) is 26.6. The molecule has 0 saturated carbocycles. The lowest BCUT2D eigenvalue weighted by Crippen LogP contribution is -2.54. The molecule has 0 unspecified atom stereocenters. The molecule has 1 saturated heterocycles. The maximum absolute atomic E-state index is 11.9. The molecule has 0 spiro atoms. The zero-order chi connectivity index (χ0) is 12.3. The normalized spacial score (nSPS) is 19.2. The average Bonchev–Trinajstić information content (AvgIpc) is 2.20. The van der Waals surface area contributed by atoms with Gasteiger partial charge in [-0.1, -0.05) is 13.8 Å². The number of rotatable bonds is 3. The van der Waals surface area contributed by atoms with Crippen molar-refractivity contribution in [3.63, 3.8) is 0 Å². The van der Waals surface area contributed by atoms with Gasteiger partial charge >= 0.3 is 0 Å². The molecular formula is C11H21N3O2.